The highest BCUT2D eigenvalue weighted by molar-refractivity contribution is 5.32. The molecule has 0 aliphatic heterocycles. The fourth-order valence-electron chi connectivity index (χ4n) is 1.26. The topological polar surface area (TPSA) is 43.8 Å². The van der Waals surface area contributed by atoms with Gasteiger partial charge in [0.25, 0.3) is 0 Å². The van der Waals surface area contributed by atoms with Gasteiger partial charge in [-0.05, 0) is 18.8 Å². The minimum atomic E-state index is -4.40. The van der Waals surface area contributed by atoms with Gasteiger partial charge in [0.15, 0.2) is 5.69 Å². The van der Waals surface area contributed by atoms with Gasteiger partial charge in [-0.1, -0.05) is 0 Å². The van der Waals surface area contributed by atoms with Crippen LogP contribution in [0.2, 0.25) is 0 Å². The Morgan fingerprint density at radius 3 is 2.57 bits per heavy atom. The van der Waals surface area contributed by atoms with Crippen LogP contribution in [0.5, 0.6) is 0 Å². The van der Waals surface area contributed by atoms with E-state index in [2.05, 4.69) is 5.10 Å². The van der Waals surface area contributed by atoms with Gasteiger partial charge < -0.3 is 5.73 Å². The molecule has 1 aliphatic carbocycles. The summed E-state index contributed by atoms with van der Waals surface area (Å²) in [7, 11) is 0. The predicted molar refractivity (Wildman–Crippen MR) is 44.4 cm³/mol. The van der Waals surface area contributed by atoms with Crippen molar-refractivity contribution in [3.05, 3.63) is 11.8 Å². The largest absolute Gasteiger partial charge is 0.435 e. The molecule has 1 fully saturated rings. The van der Waals surface area contributed by atoms with Gasteiger partial charge in [-0.15, -0.1) is 0 Å². The maximum atomic E-state index is 12.2. The number of nitrogens with zero attached hydrogens (tertiary/aromatic N) is 2. The predicted octanol–water partition coefficient (Wildman–Crippen LogP) is 1.89. The molecule has 2 rings (SSSR count). The Balaban J connectivity index is 2.19. The van der Waals surface area contributed by atoms with Crippen LogP contribution in [0.25, 0.3) is 0 Å². The van der Waals surface area contributed by atoms with Crippen molar-refractivity contribution >= 4 is 5.82 Å². The minimum Gasteiger partial charge on any atom is -0.384 e. The number of rotatable bonds is 2. The van der Waals surface area contributed by atoms with Gasteiger partial charge in [0.05, 0.1) is 0 Å². The summed E-state index contributed by atoms with van der Waals surface area (Å²) in [6, 6.07) is 0.877. The summed E-state index contributed by atoms with van der Waals surface area (Å²) < 4.78 is 37.8. The van der Waals surface area contributed by atoms with Crippen molar-refractivity contribution in [3.63, 3.8) is 0 Å². The van der Waals surface area contributed by atoms with Crippen LogP contribution in [0.4, 0.5) is 19.0 Å². The van der Waals surface area contributed by atoms with E-state index in [9.17, 15) is 13.2 Å². The molecule has 0 atom stereocenters. The van der Waals surface area contributed by atoms with E-state index in [1.165, 1.54) is 4.68 Å². The lowest BCUT2D eigenvalue weighted by Gasteiger charge is -2.02. The van der Waals surface area contributed by atoms with Crippen molar-refractivity contribution < 1.29 is 13.2 Å². The Morgan fingerprint density at radius 1 is 1.50 bits per heavy atom. The molecule has 6 heteroatoms. The average molecular weight is 205 g/mol. The molecule has 0 saturated heterocycles. The number of nitrogens with two attached hydrogens (primary N) is 1. The van der Waals surface area contributed by atoms with Crippen LogP contribution in [0.3, 0.4) is 0 Å². The Hall–Kier alpha value is -1.20. The van der Waals surface area contributed by atoms with Crippen molar-refractivity contribution in [3.8, 4) is 0 Å². The van der Waals surface area contributed by atoms with Crippen LogP contribution in [-0.2, 0) is 12.7 Å². The van der Waals surface area contributed by atoms with Gasteiger partial charge in [-0.2, -0.15) is 18.3 Å². The summed E-state index contributed by atoms with van der Waals surface area (Å²) in [6.07, 6.45) is -2.29. The summed E-state index contributed by atoms with van der Waals surface area (Å²) in [5.74, 6) is 0.544. The van der Waals surface area contributed by atoms with E-state index in [0.717, 1.165) is 18.9 Å². The summed E-state index contributed by atoms with van der Waals surface area (Å²) in [4.78, 5) is 0. The first kappa shape index (κ1) is 9.36. The number of hydrogen-bond acceptors (Lipinski definition) is 2. The number of alkyl halides is 3. The summed E-state index contributed by atoms with van der Waals surface area (Å²) in [5, 5.41) is 3.43. The quantitative estimate of drug-likeness (QED) is 0.801. The van der Waals surface area contributed by atoms with Crippen LogP contribution in [0, 0.1) is 5.92 Å². The van der Waals surface area contributed by atoms with Gasteiger partial charge >= 0.3 is 6.18 Å². The van der Waals surface area contributed by atoms with Crippen molar-refractivity contribution in [2.45, 2.75) is 25.6 Å². The van der Waals surface area contributed by atoms with Crippen molar-refractivity contribution in [1.82, 2.24) is 9.78 Å². The van der Waals surface area contributed by atoms with E-state index in [1.54, 1.807) is 0 Å². The van der Waals surface area contributed by atoms with Crippen molar-refractivity contribution in [2.24, 2.45) is 5.92 Å². The lowest BCUT2D eigenvalue weighted by atomic mass is 10.4. The first-order valence-electron chi connectivity index (χ1n) is 4.37. The van der Waals surface area contributed by atoms with Crippen LogP contribution in [0.15, 0.2) is 6.07 Å². The van der Waals surface area contributed by atoms with E-state index in [0.29, 0.717) is 12.5 Å². The SMILES string of the molecule is Nc1cc(C(F)(F)F)nn1CC1CC1. The lowest BCUT2D eigenvalue weighted by molar-refractivity contribution is -0.141. The van der Waals surface area contributed by atoms with E-state index in [-0.39, 0.29) is 5.82 Å². The van der Waals surface area contributed by atoms with Gasteiger partial charge in [0.2, 0.25) is 0 Å². The molecule has 78 valence electrons. The molecule has 0 radical (unpaired) electrons. The second-order valence-electron chi connectivity index (χ2n) is 3.58. The Kier molecular flexibility index (Phi) is 1.94. The van der Waals surface area contributed by atoms with E-state index < -0.39 is 11.9 Å². The lowest BCUT2D eigenvalue weighted by Crippen LogP contribution is -2.09. The van der Waals surface area contributed by atoms with E-state index in [1.807, 2.05) is 0 Å². The maximum Gasteiger partial charge on any atom is 0.435 e. The highest BCUT2D eigenvalue weighted by Crippen LogP contribution is 2.33. The van der Waals surface area contributed by atoms with Gasteiger partial charge in [0, 0.05) is 12.6 Å². The molecular formula is C8H10F3N3. The normalized spacial score (nSPS) is 17.4. The molecule has 1 aliphatic rings. The van der Waals surface area contributed by atoms with Crippen LogP contribution in [-0.4, -0.2) is 9.78 Å². The second kappa shape index (κ2) is 2.90. The third-order valence-corrected chi connectivity index (χ3v) is 2.23. The average Bonchev–Trinajstić information content (AvgIpc) is 2.76. The fraction of sp³-hybridized carbons (Fsp3) is 0.625. The molecular weight excluding hydrogens is 195 g/mol. The number of hydrogen-bond donors (Lipinski definition) is 1. The first-order valence-corrected chi connectivity index (χ1v) is 4.37. The molecule has 0 amide bonds. The molecule has 1 aromatic rings. The molecule has 1 heterocycles. The highest BCUT2D eigenvalue weighted by Gasteiger charge is 2.35. The molecule has 0 unspecified atom stereocenters. The second-order valence-corrected chi connectivity index (χ2v) is 3.58. The molecule has 14 heavy (non-hydrogen) atoms. The molecule has 2 N–H and O–H groups in total. The summed E-state index contributed by atoms with van der Waals surface area (Å²) in [6.45, 7) is 0.502. The van der Waals surface area contributed by atoms with Crippen molar-refractivity contribution in [1.29, 1.82) is 0 Å². The van der Waals surface area contributed by atoms with Gasteiger partial charge in [-0.3, -0.25) is 0 Å². The molecule has 0 aromatic carbocycles. The fourth-order valence-corrected chi connectivity index (χ4v) is 1.26. The number of nitrogen functional groups attached to an aromatic ring is 1. The molecule has 3 nitrogen and oxygen atoms in total. The summed E-state index contributed by atoms with van der Waals surface area (Å²) >= 11 is 0. The van der Waals surface area contributed by atoms with Crippen LogP contribution < -0.4 is 5.73 Å². The number of aromatic nitrogens is 2. The standard InChI is InChI=1S/C8H10F3N3/c9-8(10,11)6-3-7(12)14(13-6)4-5-1-2-5/h3,5H,1-2,4,12H2. The first-order chi connectivity index (χ1) is 6.47. The maximum absolute atomic E-state index is 12.2. The Labute approximate surface area is 78.7 Å². The zero-order valence-electron chi connectivity index (χ0n) is 7.38. The van der Waals surface area contributed by atoms with Crippen LogP contribution in [0.1, 0.15) is 18.5 Å². The van der Waals surface area contributed by atoms with E-state index in [4.69, 9.17) is 5.73 Å². The highest BCUT2D eigenvalue weighted by atomic mass is 19.4. The molecule has 1 aromatic heterocycles. The monoisotopic (exact) mass is 205 g/mol. The third-order valence-electron chi connectivity index (χ3n) is 2.23. The smallest absolute Gasteiger partial charge is 0.384 e. The zero-order valence-corrected chi connectivity index (χ0v) is 7.38. The number of halogens is 3. The van der Waals surface area contributed by atoms with Gasteiger partial charge in [-0.25, -0.2) is 4.68 Å². The van der Waals surface area contributed by atoms with Gasteiger partial charge in [0.1, 0.15) is 5.82 Å². The Bertz CT molecular complexity index is 338. The van der Waals surface area contributed by atoms with E-state index >= 15 is 0 Å². The molecule has 0 bridgehead atoms. The minimum absolute atomic E-state index is 0.0872. The molecule has 0 spiro atoms. The van der Waals surface area contributed by atoms with Crippen LogP contribution >= 0.6 is 0 Å². The third kappa shape index (κ3) is 1.83. The van der Waals surface area contributed by atoms with Crippen molar-refractivity contribution in [2.75, 3.05) is 5.73 Å². The molecule has 1 saturated carbocycles. The summed E-state index contributed by atoms with van der Waals surface area (Å²) in [5.41, 5.74) is 4.51. The zero-order chi connectivity index (χ0) is 10.3. The number of anilines is 1. The Morgan fingerprint density at radius 2 is 2.14 bits per heavy atom.